The largest absolute Gasteiger partial charge is 0.503 e. The van der Waals surface area contributed by atoms with Crippen molar-refractivity contribution >= 4 is 17.4 Å². The third kappa shape index (κ3) is 4.43. The van der Waals surface area contributed by atoms with Gasteiger partial charge in [-0.3, -0.25) is 0 Å². The van der Waals surface area contributed by atoms with Crippen molar-refractivity contribution in [2.75, 3.05) is 27.4 Å². The first kappa shape index (κ1) is 19.3. The van der Waals surface area contributed by atoms with E-state index in [4.69, 9.17) is 23.8 Å². The molecule has 0 saturated carbocycles. The van der Waals surface area contributed by atoms with E-state index >= 15 is 0 Å². The van der Waals surface area contributed by atoms with Crippen LogP contribution in [-0.4, -0.2) is 39.3 Å². The minimum atomic E-state index is -0.489. The quantitative estimate of drug-likeness (QED) is 0.415. The van der Waals surface area contributed by atoms with Crippen LogP contribution in [0.2, 0.25) is 0 Å². The van der Waals surface area contributed by atoms with Gasteiger partial charge in [0.05, 0.1) is 26.0 Å². The van der Waals surface area contributed by atoms with Crippen LogP contribution in [0.4, 0.5) is 0 Å². The Morgan fingerprint density at radius 1 is 1.11 bits per heavy atom. The monoisotopic (exact) mass is 383 g/mol. The molecule has 3 rings (SSSR count). The fourth-order valence-electron chi connectivity index (χ4n) is 2.72. The second-order valence-electron chi connectivity index (χ2n) is 5.78. The summed E-state index contributed by atoms with van der Waals surface area (Å²) in [7, 11) is 2.80. The average molecular weight is 383 g/mol. The lowest BCUT2D eigenvalue weighted by Gasteiger charge is -2.17. The van der Waals surface area contributed by atoms with E-state index in [9.17, 15) is 4.79 Å². The summed E-state index contributed by atoms with van der Waals surface area (Å²) in [5.74, 6) is 0.485. The van der Waals surface area contributed by atoms with Crippen molar-refractivity contribution in [2.45, 2.75) is 6.61 Å². The Bertz CT molecular complexity index is 890. The van der Waals surface area contributed by atoms with Gasteiger partial charge in [0.25, 0.3) is 5.90 Å². The van der Waals surface area contributed by atoms with E-state index in [1.165, 1.54) is 20.5 Å². The summed E-state index contributed by atoms with van der Waals surface area (Å²) in [4.78, 5) is 17.2. The standard InChI is InChI=1S/C21H21NO6/c1-24-14-18(21(23)25-2)16-8-4-3-7-15(16)13-27-19-10-6-5-9-17(19)20-22-28-12-11-26-20/h3-10,14H,11-13H2,1-2H3/b18-14+. The molecule has 0 fully saturated rings. The van der Waals surface area contributed by atoms with Crippen molar-refractivity contribution in [1.29, 1.82) is 0 Å². The lowest BCUT2D eigenvalue weighted by molar-refractivity contribution is -0.133. The Hall–Kier alpha value is -3.48. The fraction of sp³-hybridized carbons (Fsp3) is 0.238. The highest BCUT2D eigenvalue weighted by atomic mass is 16.7. The molecule has 7 heteroatoms. The molecule has 0 aromatic heterocycles. The molecule has 0 radical (unpaired) electrons. The van der Waals surface area contributed by atoms with Crippen molar-refractivity contribution in [3.8, 4) is 5.75 Å². The number of ether oxygens (including phenoxy) is 4. The summed E-state index contributed by atoms with van der Waals surface area (Å²) in [6, 6.07) is 14.8. The number of hydrogen-bond acceptors (Lipinski definition) is 7. The van der Waals surface area contributed by atoms with Gasteiger partial charge >= 0.3 is 5.97 Å². The van der Waals surface area contributed by atoms with Gasteiger partial charge in [-0.05, 0) is 28.4 Å². The van der Waals surface area contributed by atoms with Gasteiger partial charge in [0.15, 0.2) is 6.61 Å². The van der Waals surface area contributed by atoms with E-state index in [1.807, 2.05) is 48.5 Å². The van der Waals surface area contributed by atoms with Crippen LogP contribution in [0.5, 0.6) is 5.75 Å². The first-order valence-electron chi connectivity index (χ1n) is 8.69. The van der Waals surface area contributed by atoms with Crippen LogP contribution < -0.4 is 4.74 Å². The molecule has 1 heterocycles. The number of carbonyl (C=O) groups is 1. The lowest BCUT2D eigenvalue weighted by atomic mass is 10.0. The molecule has 0 atom stereocenters. The second kappa shape index (κ2) is 9.45. The normalized spacial score (nSPS) is 13.6. The smallest absolute Gasteiger partial charge is 0.341 e. The van der Waals surface area contributed by atoms with Gasteiger partial charge in [-0.2, -0.15) is 0 Å². The van der Waals surface area contributed by atoms with Crippen molar-refractivity contribution in [3.05, 3.63) is 71.5 Å². The first-order valence-corrected chi connectivity index (χ1v) is 8.69. The Labute approximate surface area is 163 Å². The predicted molar refractivity (Wildman–Crippen MR) is 103 cm³/mol. The summed E-state index contributed by atoms with van der Waals surface area (Å²) in [6.07, 6.45) is 1.36. The van der Waals surface area contributed by atoms with Crippen LogP contribution in [0.25, 0.3) is 5.57 Å². The van der Waals surface area contributed by atoms with Crippen LogP contribution in [-0.2, 0) is 30.4 Å². The van der Waals surface area contributed by atoms with Gasteiger partial charge in [-0.25, -0.2) is 4.79 Å². The number of carbonyl (C=O) groups excluding carboxylic acids is 1. The highest BCUT2D eigenvalue weighted by Gasteiger charge is 2.19. The highest BCUT2D eigenvalue weighted by Crippen LogP contribution is 2.25. The number of para-hydroxylation sites is 1. The van der Waals surface area contributed by atoms with Crippen LogP contribution in [0.1, 0.15) is 16.7 Å². The molecule has 146 valence electrons. The van der Waals surface area contributed by atoms with Gasteiger partial charge < -0.3 is 23.8 Å². The molecule has 2 aromatic rings. The zero-order valence-electron chi connectivity index (χ0n) is 15.7. The number of rotatable bonds is 7. The molecule has 1 aliphatic rings. The summed E-state index contributed by atoms with van der Waals surface area (Å²) in [5, 5.41) is 3.95. The van der Waals surface area contributed by atoms with Gasteiger partial charge in [0.1, 0.15) is 24.5 Å². The minimum absolute atomic E-state index is 0.222. The number of methoxy groups -OCH3 is 2. The van der Waals surface area contributed by atoms with E-state index < -0.39 is 5.97 Å². The first-order chi connectivity index (χ1) is 13.7. The Kier molecular flexibility index (Phi) is 6.51. The molecule has 0 bridgehead atoms. The number of esters is 1. The molecule has 7 nitrogen and oxygen atoms in total. The molecule has 2 aromatic carbocycles. The number of benzene rings is 2. The summed E-state index contributed by atoms with van der Waals surface area (Å²) in [5.41, 5.74) is 2.48. The molecule has 1 aliphatic heterocycles. The molecule has 0 amide bonds. The molecular weight excluding hydrogens is 362 g/mol. The van der Waals surface area contributed by atoms with Gasteiger partial charge in [0, 0.05) is 0 Å². The maximum Gasteiger partial charge on any atom is 0.341 e. The Morgan fingerprint density at radius 2 is 1.89 bits per heavy atom. The van der Waals surface area contributed by atoms with Crippen LogP contribution in [0, 0.1) is 0 Å². The van der Waals surface area contributed by atoms with Crippen LogP contribution >= 0.6 is 0 Å². The number of hydrogen-bond donors (Lipinski definition) is 0. The van der Waals surface area contributed by atoms with Crippen molar-refractivity contribution < 1.29 is 28.6 Å². The third-order valence-electron chi connectivity index (χ3n) is 4.01. The van der Waals surface area contributed by atoms with E-state index in [1.54, 1.807) is 0 Å². The molecule has 0 N–H and O–H groups in total. The van der Waals surface area contributed by atoms with Gasteiger partial charge in [-0.15, -0.1) is 0 Å². The van der Waals surface area contributed by atoms with Crippen LogP contribution in [0.15, 0.2) is 59.9 Å². The van der Waals surface area contributed by atoms with Crippen molar-refractivity contribution in [1.82, 2.24) is 0 Å². The number of nitrogens with zero attached hydrogens (tertiary/aromatic N) is 1. The number of oxime groups is 1. The topological polar surface area (TPSA) is 75.6 Å². The van der Waals surface area contributed by atoms with E-state index in [0.29, 0.717) is 41.6 Å². The van der Waals surface area contributed by atoms with E-state index in [0.717, 1.165) is 5.56 Å². The average Bonchev–Trinajstić information content (AvgIpc) is 2.76. The van der Waals surface area contributed by atoms with Crippen LogP contribution in [0.3, 0.4) is 0 Å². The second-order valence-corrected chi connectivity index (χ2v) is 5.78. The maximum atomic E-state index is 12.1. The third-order valence-corrected chi connectivity index (χ3v) is 4.01. The SMILES string of the molecule is CO/C=C(/C(=O)OC)c1ccccc1COc1ccccc1C1=NOCCO1. The molecule has 28 heavy (non-hydrogen) atoms. The van der Waals surface area contributed by atoms with Gasteiger partial charge in [0.2, 0.25) is 0 Å². The molecule has 0 aliphatic carbocycles. The van der Waals surface area contributed by atoms with E-state index in [2.05, 4.69) is 5.16 Å². The van der Waals surface area contributed by atoms with Crippen molar-refractivity contribution in [2.24, 2.45) is 5.16 Å². The minimum Gasteiger partial charge on any atom is -0.503 e. The maximum absolute atomic E-state index is 12.1. The Morgan fingerprint density at radius 3 is 2.64 bits per heavy atom. The zero-order chi connectivity index (χ0) is 19.8. The van der Waals surface area contributed by atoms with E-state index in [-0.39, 0.29) is 6.61 Å². The molecular formula is C21H21NO6. The molecule has 0 saturated heterocycles. The highest BCUT2D eigenvalue weighted by molar-refractivity contribution is 6.16. The summed E-state index contributed by atoms with van der Waals surface area (Å²) >= 11 is 0. The summed E-state index contributed by atoms with van der Waals surface area (Å²) in [6.45, 7) is 1.07. The van der Waals surface area contributed by atoms with Crippen molar-refractivity contribution in [3.63, 3.8) is 0 Å². The lowest BCUT2D eigenvalue weighted by Crippen LogP contribution is -2.18. The fourth-order valence-corrected chi connectivity index (χ4v) is 2.72. The van der Waals surface area contributed by atoms with Gasteiger partial charge in [-0.1, -0.05) is 36.4 Å². The molecule has 0 unspecified atom stereocenters. The zero-order valence-corrected chi connectivity index (χ0v) is 15.7. The summed E-state index contributed by atoms with van der Waals surface area (Å²) < 4.78 is 21.5. The molecule has 0 spiro atoms. The Balaban J connectivity index is 1.86. The predicted octanol–water partition coefficient (Wildman–Crippen LogP) is 3.13.